The molecule has 42 heavy (non-hydrogen) atoms. The van der Waals surface area contributed by atoms with E-state index in [1.165, 1.54) is 49.7 Å². The molecule has 0 N–H and O–H groups in total. The van der Waals surface area contributed by atoms with Crippen molar-refractivity contribution in [1.29, 1.82) is 0 Å². The third kappa shape index (κ3) is 8.18. The van der Waals surface area contributed by atoms with Gasteiger partial charge in [0.05, 0.1) is 0 Å². The second-order valence-corrected chi connectivity index (χ2v) is 34.9. The number of rotatable bonds is 7. The molecule has 0 nitrogen and oxygen atoms in total. The van der Waals surface area contributed by atoms with Crippen LogP contribution in [0.4, 0.5) is 0 Å². The molecule has 0 amide bonds. The first-order valence-corrected chi connectivity index (χ1v) is 29.6. The van der Waals surface area contributed by atoms with E-state index in [0.29, 0.717) is 0 Å². The molecule has 3 saturated carbocycles. The predicted molar refractivity (Wildman–Crippen MR) is 193 cm³/mol. The van der Waals surface area contributed by atoms with E-state index in [1.807, 2.05) is 0 Å². The van der Waals surface area contributed by atoms with Gasteiger partial charge >= 0.3 is 37.9 Å². The fourth-order valence-electron chi connectivity index (χ4n) is 9.98. The summed E-state index contributed by atoms with van der Waals surface area (Å²) in [5.41, 5.74) is 6.68. The Morgan fingerprint density at radius 3 is 2.05 bits per heavy atom. The quantitative estimate of drug-likeness (QED) is 0.197. The van der Waals surface area contributed by atoms with Crippen LogP contribution in [-0.4, -0.2) is 15.2 Å². The van der Waals surface area contributed by atoms with Crippen LogP contribution in [0.3, 0.4) is 0 Å². The zero-order chi connectivity index (χ0) is 29.1. The van der Waals surface area contributed by atoms with Crippen molar-refractivity contribution in [2.45, 2.75) is 115 Å². The van der Waals surface area contributed by atoms with Gasteiger partial charge < -0.3 is 14.9 Å². The summed E-state index contributed by atoms with van der Waals surface area (Å²) in [5, 5.41) is 0. The van der Waals surface area contributed by atoms with E-state index in [9.17, 15) is 0 Å². The minimum atomic E-state index is -1.37. The van der Waals surface area contributed by atoms with Crippen LogP contribution in [0.2, 0.25) is 37.3 Å². The zero-order valence-corrected chi connectivity index (χ0v) is 34.2. The molecule has 0 bridgehead atoms. The van der Waals surface area contributed by atoms with Gasteiger partial charge in [0.25, 0.3) is 0 Å². The topological polar surface area (TPSA) is 0 Å². The van der Waals surface area contributed by atoms with E-state index in [0.717, 1.165) is 46.6 Å². The summed E-state index contributed by atoms with van der Waals surface area (Å²) < 4.78 is 0. The van der Waals surface area contributed by atoms with Gasteiger partial charge in [0.1, 0.15) is 0 Å². The second-order valence-electron chi connectivity index (χ2n) is 15.1. The van der Waals surface area contributed by atoms with Crippen molar-refractivity contribution in [2.24, 2.45) is 29.6 Å². The first-order valence-electron chi connectivity index (χ1n) is 16.1. The molecule has 7 unspecified atom stereocenters. The van der Waals surface area contributed by atoms with Crippen LogP contribution in [-0.2, 0) is 20.8 Å². The molecular formula is C37H60Cl2Si2Zr. The van der Waals surface area contributed by atoms with Crippen LogP contribution in [0.5, 0.6) is 0 Å². The molecule has 0 saturated heterocycles. The third-order valence-corrected chi connectivity index (χ3v) is 32.9. The average Bonchev–Trinajstić information content (AvgIpc) is 3.53. The summed E-state index contributed by atoms with van der Waals surface area (Å²) in [7, 11) is 7.19. The molecule has 3 fully saturated rings. The minimum absolute atomic E-state index is 0. The van der Waals surface area contributed by atoms with Gasteiger partial charge in [-0.25, -0.2) is 0 Å². The molecule has 5 rings (SSSR count). The molecule has 234 valence electrons. The molecular weight excluding hydrogens is 663 g/mol. The normalized spacial score (nSPS) is 29.0. The third-order valence-electron chi connectivity index (χ3n) is 12.1. The van der Waals surface area contributed by atoms with E-state index in [2.05, 4.69) is 102 Å². The van der Waals surface area contributed by atoms with Gasteiger partial charge in [-0.2, -0.15) is 0 Å². The van der Waals surface area contributed by atoms with Crippen molar-refractivity contribution < 1.29 is 20.8 Å². The molecule has 0 aromatic heterocycles. The molecule has 7 atom stereocenters. The summed E-state index contributed by atoms with van der Waals surface area (Å²) in [6, 6.07) is 20.6. The second kappa shape index (κ2) is 16.8. The van der Waals surface area contributed by atoms with Crippen molar-refractivity contribution in [2.75, 3.05) is 0 Å². The van der Waals surface area contributed by atoms with E-state index in [4.69, 9.17) is 17.0 Å². The number of hydrogen-bond donors (Lipinski definition) is 0. The van der Waals surface area contributed by atoms with Crippen molar-refractivity contribution in [3.63, 3.8) is 0 Å². The first-order chi connectivity index (χ1) is 19.0. The molecule has 0 radical (unpaired) electrons. The Balaban J connectivity index is 0.00000118. The molecule has 0 spiro atoms. The number of benzene rings is 2. The Labute approximate surface area is 282 Å². The fourth-order valence-corrected chi connectivity index (χ4v) is 24.8. The van der Waals surface area contributed by atoms with Gasteiger partial charge in [-0.3, -0.25) is 0 Å². The van der Waals surface area contributed by atoms with Crippen LogP contribution in [0.1, 0.15) is 83.6 Å². The van der Waals surface area contributed by atoms with Crippen LogP contribution in [0.15, 0.2) is 54.6 Å². The van der Waals surface area contributed by atoms with E-state index in [1.54, 1.807) is 18.4 Å². The fraction of sp³-hybridized carbons (Fsp3) is 0.622. The summed E-state index contributed by atoms with van der Waals surface area (Å²) in [5.74, 6) is 5.42. The zero-order valence-electron chi connectivity index (χ0n) is 28.2. The molecule has 0 aliphatic heterocycles. The van der Waals surface area contributed by atoms with Crippen molar-refractivity contribution >= 4 is 32.2 Å². The molecule has 3 aliphatic carbocycles. The first kappa shape index (κ1) is 38.5. The Morgan fingerprint density at radius 2 is 1.40 bits per heavy atom. The summed E-state index contributed by atoms with van der Waals surface area (Å²) in [6.07, 6.45) is 11.9. The van der Waals surface area contributed by atoms with Crippen molar-refractivity contribution in [3.8, 4) is 11.1 Å². The Bertz CT molecular complexity index is 1070. The Morgan fingerprint density at radius 1 is 0.786 bits per heavy atom. The average molecular weight is 723 g/mol. The molecule has 3 aliphatic rings. The maximum absolute atomic E-state index is 4.93. The van der Waals surface area contributed by atoms with Gasteiger partial charge in [-0.1, -0.05) is 134 Å². The van der Waals surface area contributed by atoms with Crippen molar-refractivity contribution in [3.05, 3.63) is 75.0 Å². The Hall–Kier alpha value is 0.337. The molecule has 2 aromatic rings. The summed E-state index contributed by atoms with van der Waals surface area (Å²) in [6.45, 7) is 19.1. The van der Waals surface area contributed by atoms with Crippen LogP contribution < -0.4 is 0 Å². The standard InChI is InChI=1S/C35H54Si2.2CH3.2ClH.Zr/c1-25(2)22-27-20-21-29(24-27)36(4,5)37(6,7)35-26(3)23-34-32(18-13-19-33(34)35)31-17-12-11-16-30(31)28-14-9-8-10-15-28;;;;;/h8-12,14-17,25-27,29,32-35H,13,18-24H2,1-7H3;2*1H3;2*1H;/q;2*-1;;;+4/p-2. The number of fused-ring (bicyclic) bond motifs is 1. The van der Waals surface area contributed by atoms with Crippen LogP contribution >= 0.6 is 17.0 Å². The van der Waals surface area contributed by atoms with Gasteiger partial charge in [0, 0.05) is 15.2 Å². The molecule has 0 heterocycles. The number of halogens is 2. The van der Waals surface area contributed by atoms with Crippen LogP contribution in [0, 0.1) is 44.4 Å². The van der Waals surface area contributed by atoms with E-state index < -0.39 is 36.0 Å². The van der Waals surface area contributed by atoms with Gasteiger partial charge in [0.2, 0.25) is 0 Å². The number of hydrogen-bond acceptors (Lipinski definition) is 0. The SMILES string of the molecule is CC(C)CC1CCC([Si](C)(C)[Si](C)(C)C2C(C)CC3C(c4ccccc4-c4ccccc4)CCCC32)C1.[CH3-].[CH3-].[Cl][Zr+2][Cl]. The van der Waals surface area contributed by atoms with E-state index >= 15 is 0 Å². The maximum atomic E-state index is 4.93. The monoisotopic (exact) mass is 720 g/mol. The van der Waals surface area contributed by atoms with Gasteiger partial charge in [-0.05, 0) is 82.5 Å². The van der Waals surface area contributed by atoms with Crippen LogP contribution in [0.25, 0.3) is 11.1 Å². The predicted octanol–water partition coefficient (Wildman–Crippen LogP) is 13.3. The van der Waals surface area contributed by atoms with Gasteiger partial charge in [0.15, 0.2) is 0 Å². The Kier molecular flexibility index (Phi) is 15.4. The summed E-state index contributed by atoms with van der Waals surface area (Å²) in [4.78, 5) is 0. The molecule has 2 aromatic carbocycles. The molecule has 5 heteroatoms. The summed E-state index contributed by atoms with van der Waals surface area (Å²) >= 11 is -0.826. The van der Waals surface area contributed by atoms with Crippen molar-refractivity contribution in [1.82, 2.24) is 0 Å². The van der Waals surface area contributed by atoms with E-state index in [-0.39, 0.29) is 14.9 Å². The van der Waals surface area contributed by atoms with Gasteiger partial charge in [-0.15, -0.1) is 0 Å².